The fourth-order valence-electron chi connectivity index (χ4n) is 3.76. The molecule has 2 rings (SSSR count). The number of carboxylic acids is 1. The number of carbonyl (C=O) groups excluding carboxylic acids is 1. The lowest BCUT2D eigenvalue weighted by Crippen LogP contribution is -2.40. The number of nitro benzene ring substituents is 1. The van der Waals surface area contributed by atoms with E-state index in [0.717, 1.165) is 24.8 Å². The number of nitrogens with one attached hydrogen (secondary N) is 1. The molecule has 0 aliphatic rings. The van der Waals surface area contributed by atoms with E-state index in [2.05, 4.69) is 12.2 Å². The van der Waals surface area contributed by atoms with Crippen molar-refractivity contribution >= 4 is 23.4 Å². The Labute approximate surface area is 229 Å². The molecule has 2 aromatic carbocycles. The first-order valence-electron chi connectivity index (χ1n) is 13.2. The molecule has 0 aromatic heterocycles. The third-order valence-corrected chi connectivity index (χ3v) is 5.96. The van der Waals surface area contributed by atoms with Gasteiger partial charge >= 0.3 is 12.0 Å². The van der Waals surface area contributed by atoms with Crippen molar-refractivity contribution in [2.24, 2.45) is 0 Å². The molecule has 0 radical (unpaired) electrons. The number of unbranched alkanes of at least 4 members (excludes halogenated alkanes) is 2. The Hall–Kier alpha value is -3.70. The summed E-state index contributed by atoms with van der Waals surface area (Å²) < 4.78 is 16.8. The van der Waals surface area contributed by atoms with Crippen LogP contribution in [0.15, 0.2) is 42.5 Å². The number of aliphatic carboxylic acids is 1. The Morgan fingerprint density at radius 1 is 1.05 bits per heavy atom. The van der Waals surface area contributed by atoms with E-state index < -0.39 is 23.0 Å². The number of carbonyl (C=O) groups is 2. The number of nitrogens with zero attached hydrogens (tertiary/aromatic N) is 2. The molecule has 39 heavy (non-hydrogen) atoms. The molecule has 1 unspecified atom stereocenters. The van der Waals surface area contributed by atoms with Gasteiger partial charge in [0.1, 0.15) is 12.4 Å². The number of benzene rings is 2. The lowest BCUT2D eigenvalue weighted by Gasteiger charge is -2.23. The molecule has 0 saturated carbocycles. The van der Waals surface area contributed by atoms with Crippen LogP contribution in [0.1, 0.15) is 44.2 Å². The Morgan fingerprint density at radius 2 is 1.77 bits per heavy atom. The van der Waals surface area contributed by atoms with Gasteiger partial charge in [-0.2, -0.15) is 0 Å². The highest BCUT2D eigenvalue weighted by atomic mass is 16.6. The summed E-state index contributed by atoms with van der Waals surface area (Å²) in [5.41, 5.74) is 1.57. The van der Waals surface area contributed by atoms with Crippen molar-refractivity contribution in [2.75, 3.05) is 44.8 Å². The van der Waals surface area contributed by atoms with Gasteiger partial charge in [-0.25, -0.2) is 9.59 Å². The van der Waals surface area contributed by atoms with Gasteiger partial charge in [-0.3, -0.25) is 10.1 Å². The highest BCUT2D eigenvalue weighted by Crippen LogP contribution is 2.22. The van der Waals surface area contributed by atoms with Gasteiger partial charge in [0, 0.05) is 43.5 Å². The highest BCUT2D eigenvalue weighted by molar-refractivity contribution is 5.89. The molecule has 2 aromatic rings. The van der Waals surface area contributed by atoms with Gasteiger partial charge in [-0.1, -0.05) is 38.0 Å². The summed E-state index contributed by atoms with van der Waals surface area (Å²) in [5.74, 6) is -0.433. The van der Waals surface area contributed by atoms with Gasteiger partial charge in [0.2, 0.25) is 0 Å². The van der Waals surface area contributed by atoms with Crippen molar-refractivity contribution in [2.45, 2.75) is 52.6 Å². The van der Waals surface area contributed by atoms with Gasteiger partial charge in [0.05, 0.1) is 18.1 Å². The van der Waals surface area contributed by atoms with Crippen LogP contribution < -0.4 is 10.1 Å². The summed E-state index contributed by atoms with van der Waals surface area (Å²) in [5, 5.41) is 23.3. The van der Waals surface area contributed by atoms with E-state index in [-0.39, 0.29) is 25.3 Å². The van der Waals surface area contributed by atoms with Crippen LogP contribution in [-0.2, 0) is 20.7 Å². The number of anilines is 1. The van der Waals surface area contributed by atoms with E-state index >= 15 is 0 Å². The Morgan fingerprint density at radius 3 is 2.41 bits per heavy atom. The number of aryl methyl sites for hydroxylation is 1. The summed E-state index contributed by atoms with van der Waals surface area (Å²) in [6.07, 6.45) is 2.45. The number of ether oxygens (including phenoxy) is 3. The SMILES string of the molecule is CCCCCOCCN(CCOc1ccc(CC(OCC)C(=O)O)cc1)C(=O)Nc1ccc(C)c([N+](=O)[O-])c1. The molecule has 11 heteroatoms. The first-order valence-corrected chi connectivity index (χ1v) is 13.2. The quantitative estimate of drug-likeness (QED) is 0.151. The number of nitro groups is 1. The molecule has 2 amide bonds. The van der Waals surface area contributed by atoms with Crippen LogP contribution in [0.5, 0.6) is 5.75 Å². The van der Waals surface area contributed by atoms with E-state index in [1.807, 2.05) is 0 Å². The molecule has 0 heterocycles. The first-order chi connectivity index (χ1) is 18.7. The van der Waals surface area contributed by atoms with Crippen molar-refractivity contribution in [1.82, 2.24) is 4.90 Å². The minimum absolute atomic E-state index is 0.0682. The molecule has 0 spiro atoms. The van der Waals surface area contributed by atoms with Gasteiger partial charge in [0.25, 0.3) is 5.69 Å². The van der Waals surface area contributed by atoms with E-state index in [9.17, 15) is 24.8 Å². The average molecular weight is 546 g/mol. The van der Waals surface area contributed by atoms with Crippen molar-refractivity contribution in [3.05, 3.63) is 63.7 Å². The number of rotatable bonds is 18. The zero-order valence-corrected chi connectivity index (χ0v) is 22.9. The average Bonchev–Trinajstić information content (AvgIpc) is 2.91. The number of carboxylic acid groups (broad SMARTS) is 1. The van der Waals surface area contributed by atoms with E-state index in [0.29, 0.717) is 43.4 Å². The topological polar surface area (TPSA) is 140 Å². The molecule has 1 atom stereocenters. The standard InChI is InChI=1S/C28H39N3O8/c1-4-6-7-16-37-17-14-30(28(34)29-23-11-8-21(3)25(20-23)31(35)36)15-18-39-24-12-9-22(10-13-24)19-26(27(32)33)38-5-2/h8-13,20,26H,4-7,14-19H2,1-3H3,(H,29,34)(H,32,33). The van der Waals surface area contributed by atoms with Crippen LogP contribution in [0.25, 0.3) is 0 Å². The Balaban J connectivity index is 1.97. The minimum Gasteiger partial charge on any atom is -0.492 e. The van der Waals surface area contributed by atoms with Crippen molar-refractivity contribution in [3.63, 3.8) is 0 Å². The van der Waals surface area contributed by atoms with E-state index in [1.165, 1.54) is 6.07 Å². The lowest BCUT2D eigenvalue weighted by molar-refractivity contribution is -0.385. The van der Waals surface area contributed by atoms with E-state index in [4.69, 9.17) is 14.2 Å². The maximum atomic E-state index is 13.0. The normalized spacial score (nSPS) is 11.6. The van der Waals surface area contributed by atoms with Gasteiger partial charge < -0.3 is 29.5 Å². The number of amides is 2. The van der Waals surface area contributed by atoms with Crippen LogP contribution >= 0.6 is 0 Å². The molecule has 0 aliphatic heterocycles. The fraction of sp³-hybridized carbons (Fsp3) is 0.500. The second-order valence-electron chi connectivity index (χ2n) is 8.97. The predicted molar refractivity (Wildman–Crippen MR) is 147 cm³/mol. The molecule has 214 valence electrons. The van der Waals surface area contributed by atoms with Crippen molar-refractivity contribution < 1.29 is 33.8 Å². The zero-order chi connectivity index (χ0) is 28.6. The van der Waals surface area contributed by atoms with E-state index in [1.54, 1.807) is 55.1 Å². The monoisotopic (exact) mass is 545 g/mol. The Bertz CT molecular complexity index is 1060. The minimum atomic E-state index is -1.01. The molecule has 0 fully saturated rings. The van der Waals surface area contributed by atoms with Crippen molar-refractivity contribution in [1.29, 1.82) is 0 Å². The van der Waals surface area contributed by atoms with Crippen LogP contribution in [0.2, 0.25) is 0 Å². The lowest BCUT2D eigenvalue weighted by atomic mass is 10.1. The maximum absolute atomic E-state index is 13.0. The highest BCUT2D eigenvalue weighted by Gasteiger charge is 2.19. The third-order valence-electron chi connectivity index (χ3n) is 5.96. The molecule has 0 bridgehead atoms. The summed E-state index contributed by atoms with van der Waals surface area (Å²) in [6.45, 7) is 7.56. The van der Waals surface area contributed by atoms with Gasteiger partial charge in [0.15, 0.2) is 6.10 Å². The second kappa shape index (κ2) is 17.0. The van der Waals surface area contributed by atoms with Crippen LogP contribution in [0, 0.1) is 17.0 Å². The molecular weight excluding hydrogens is 506 g/mol. The van der Waals surface area contributed by atoms with Crippen LogP contribution in [0.4, 0.5) is 16.2 Å². The Kier molecular flexibility index (Phi) is 13.7. The predicted octanol–water partition coefficient (Wildman–Crippen LogP) is 5.06. The number of hydrogen-bond acceptors (Lipinski definition) is 7. The van der Waals surface area contributed by atoms with Crippen LogP contribution in [-0.4, -0.2) is 72.6 Å². The maximum Gasteiger partial charge on any atom is 0.333 e. The third kappa shape index (κ3) is 11.3. The largest absolute Gasteiger partial charge is 0.492 e. The molecule has 0 aliphatic carbocycles. The van der Waals surface area contributed by atoms with Crippen LogP contribution in [0.3, 0.4) is 0 Å². The first kappa shape index (κ1) is 31.5. The zero-order valence-electron chi connectivity index (χ0n) is 22.9. The molecule has 2 N–H and O–H groups in total. The molecule has 0 saturated heterocycles. The van der Waals surface area contributed by atoms with Gasteiger partial charge in [-0.15, -0.1) is 0 Å². The molecule has 11 nitrogen and oxygen atoms in total. The number of hydrogen-bond donors (Lipinski definition) is 2. The second-order valence-corrected chi connectivity index (χ2v) is 8.97. The van der Waals surface area contributed by atoms with Gasteiger partial charge in [-0.05, 0) is 44.0 Å². The smallest absolute Gasteiger partial charge is 0.333 e. The molecular formula is C28H39N3O8. The van der Waals surface area contributed by atoms with Crippen molar-refractivity contribution in [3.8, 4) is 5.75 Å². The summed E-state index contributed by atoms with van der Waals surface area (Å²) in [6, 6.07) is 11.2. The summed E-state index contributed by atoms with van der Waals surface area (Å²) in [7, 11) is 0. The number of urea groups is 1. The summed E-state index contributed by atoms with van der Waals surface area (Å²) >= 11 is 0. The fourth-order valence-corrected chi connectivity index (χ4v) is 3.76. The summed E-state index contributed by atoms with van der Waals surface area (Å²) in [4.78, 5) is 36.7.